The number of rotatable bonds is 8. The van der Waals surface area contributed by atoms with Gasteiger partial charge >= 0.3 is 5.97 Å². The van der Waals surface area contributed by atoms with Crippen LogP contribution in [-0.2, 0) is 17.8 Å². The number of carboxylic acids is 1. The molecule has 4 rings (SSSR count). The van der Waals surface area contributed by atoms with E-state index in [4.69, 9.17) is 4.74 Å². The quantitative estimate of drug-likeness (QED) is 0.440. The fraction of sp³-hybridized carbons (Fsp3) is 0.115. The summed E-state index contributed by atoms with van der Waals surface area (Å²) in [5.41, 5.74) is 2.67. The number of benzene rings is 3. The van der Waals surface area contributed by atoms with Gasteiger partial charge in [0.25, 0.3) is 5.91 Å². The van der Waals surface area contributed by atoms with E-state index < -0.39 is 17.9 Å². The van der Waals surface area contributed by atoms with Gasteiger partial charge in [-0.3, -0.25) is 9.78 Å². The van der Waals surface area contributed by atoms with E-state index in [2.05, 4.69) is 10.3 Å². The summed E-state index contributed by atoms with van der Waals surface area (Å²) < 4.78 is 5.83. The van der Waals surface area contributed by atoms with Gasteiger partial charge in [0.1, 0.15) is 18.4 Å². The van der Waals surface area contributed by atoms with E-state index in [1.165, 1.54) is 0 Å². The van der Waals surface area contributed by atoms with E-state index in [1.54, 1.807) is 30.5 Å². The number of amides is 1. The predicted octanol–water partition coefficient (Wildman–Crippen LogP) is 4.24. The average Bonchev–Trinajstić information content (AvgIpc) is 2.83. The molecule has 6 heteroatoms. The minimum absolute atomic E-state index is 0.127. The Labute approximate surface area is 185 Å². The Hall–Kier alpha value is -4.19. The Bertz CT molecular complexity index is 1240. The lowest BCUT2D eigenvalue weighted by atomic mass is 10.0. The largest absolute Gasteiger partial charge is 0.489 e. The highest BCUT2D eigenvalue weighted by atomic mass is 16.5. The molecule has 1 heterocycles. The summed E-state index contributed by atoms with van der Waals surface area (Å²) in [6, 6.07) is 24.8. The van der Waals surface area contributed by atoms with Crippen molar-refractivity contribution in [3.05, 3.63) is 108 Å². The molecule has 160 valence electrons. The molecule has 4 aromatic rings. The molecule has 32 heavy (non-hydrogen) atoms. The van der Waals surface area contributed by atoms with Crippen LogP contribution in [0.1, 0.15) is 21.5 Å². The molecule has 0 radical (unpaired) electrons. The fourth-order valence-corrected chi connectivity index (χ4v) is 3.46. The molecule has 0 aliphatic rings. The number of nitrogens with one attached hydrogen (secondary N) is 1. The molecular formula is C26H22N2O4. The first-order valence-corrected chi connectivity index (χ1v) is 10.2. The minimum Gasteiger partial charge on any atom is -0.489 e. The Balaban J connectivity index is 1.46. The molecule has 0 saturated heterocycles. The van der Waals surface area contributed by atoms with Crippen LogP contribution in [0.4, 0.5) is 0 Å². The first-order chi connectivity index (χ1) is 15.6. The van der Waals surface area contributed by atoms with Crippen LogP contribution in [0.2, 0.25) is 0 Å². The maximum atomic E-state index is 12.9. The second-order valence-electron chi connectivity index (χ2n) is 7.37. The molecule has 0 bridgehead atoms. The molecule has 1 aromatic heterocycles. The van der Waals surface area contributed by atoms with Gasteiger partial charge in [-0.05, 0) is 35.4 Å². The molecule has 0 aliphatic heterocycles. The van der Waals surface area contributed by atoms with Gasteiger partial charge in [-0.1, -0.05) is 60.7 Å². The SMILES string of the molecule is O=C(N[C@@H](Cc1cccc(OCc2ccccc2)c1)C(=O)O)c1cccc2cccnc12. The zero-order valence-electron chi connectivity index (χ0n) is 17.3. The molecule has 0 unspecified atom stereocenters. The van der Waals surface area contributed by atoms with Gasteiger partial charge in [-0.2, -0.15) is 0 Å². The van der Waals surface area contributed by atoms with E-state index in [0.29, 0.717) is 23.4 Å². The monoisotopic (exact) mass is 426 g/mol. The summed E-state index contributed by atoms with van der Waals surface area (Å²) in [4.78, 5) is 29.0. The lowest BCUT2D eigenvalue weighted by Crippen LogP contribution is -2.42. The first kappa shape index (κ1) is 21.1. The Morgan fingerprint density at radius 3 is 2.47 bits per heavy atom. The number of hydrogen-bond donors (Lipinski definition) is 2. The molecular weight excluding hydrogens is 404 g/mol. The summed E-state index contributed by atoms with van der Waals surface area (Å²) in [6.45, 7) is 0.414. The van der Waals surface area contributed by atoms with Gasteiger partial charge in [-0.25, -0.2) is 4.79 Å². The number of nitrogens with zero attached hydrogens (tertiary/aromatic N) is 1. The van der Waals surface area contributed by atoms with E-state index in [9.17, 15) is 14.7 Å². The van der Waals surface area contributed by atoms with Crippen LogP contribution in [0, 0.1) is 0 Å². The number of carbonyl (C=O) groups is 2. The van der Waals surface area contributed by atoms with Crippen LogP contribution < -0.4 is 10.1 Å². The van der Waals surface area contributed by atoms with Gasteiger partial charge in [0, 0.05) is 18.0 Å². The van der Waals surface area contributed by atoms with Crippen molar-refractivity contribution in [3.63, 3.8) is 0 Å². The van der Waals surface area contributed by atoms with E-state index in [-0.39, 0.29) is 6.42 Å². The maximum Gasteiger partial charge on any atom is 0.326 e. The van der Waals surface area contributed by atoms with Crippen molar-refractivity contribution in [2.24, 2.45) is 0 Å². The summed E-state index contributed by atoms with van der Waals surface area (Å²) in [6.07, 6.45) is 1.73. The molecule has 6 nitrogen and oxygen atoms in total. The van der Waals surface area contributed by atoms with Crippen LogP contribution in [0.5, 0.6) is 5.75 Å². The smallest absolute Gasteiger partial charge is 0.326 e. The molecule has 0 aliphatic carbocycles. The number of aliphatic carboxylic acids is 1. The third kappa shape index (κ3) is 5.10. The molecule has 0 spiro atoms. The van der Waals surface area contributed by atoms with Crippen LogP contribution in [-0.4, -0.2) is 28.0 Å². The first-order valence-electron chi connectivity index (χ1n) is 10.2. The predicted molar refractivity (Wildman–Crippen MR) is 122 cm³/mol. The number of carbonyl (C=O) groups excluding carboxylic acids is 1. The second-order valence-corrected chi connectivity index (χ2v) is 7.37. The average molecular weight is 426 g/mol. The highest BCUT2D eigenvalue weighted by Crippen LogP contribution is 2.18. The molecule has 0 fully saturated rings. The van der Waals surface area contributed by atoms with Crippen molar-refractivity contribution in [3.8, 4) is 5.75 Å². The standard InChI is InChI=1S/C26H22N2O4/c29-25(22-13-5-10-20-11-6-14-27-24(20)22)28-23(26(30)31)16-19-9-4-12-21(15-19)32-17-18-7-2-1-3-8-18/h1-15,23H,16-17H2,(H,28,29)(H,30,31)/t23-/m0/s1. The van der Waals surface area contributed by atoms with Gasteiger partial charge in [0.05, 0.1) is 11.1 Å². The van der Waals surface area contributed by atoms with Gasteiger partial charge in [0.15, 0.2) is 0 Å². The lowest BCUT2D eigenvalue weighted by Gasteiger charge is -2.16. The van der Waals surface area contributed by atoms with Crippen LogP contribution in [0.15, 0.2) is 91.1 Å². The third-order valence-corrected chi connectivity index (χ3v) is 5.07. The van der Waals surface area contributed by atoms with E-state index in [0.717, 1.165) is 16.5 Å². The zero-order valence-corrected chi connectivity index (χ0v) is 17.3. The van der Waals surface area contributed by atoms with Crippen LogP contribution in [0.25, 0.3) is 10.9 Å². The summed E-state index contributed by atoms with van der Waals surface area (Å²) >= 11 is 0. The summed E-state index contributed by atoms with van der Waals surface area (Å²) in [5, 5.41) is 13.1. The van der Waals surface area contributed by atoms with Crippen LogP contribution >= 0.6 is 0 Å². The van der Waals surface area contributed by atoms with Crippen molar-refractivity contribution >= 4 is 22.8 Å². The number of para-hydroxylation sites is 1. The number of hydrogen-bond acceptors (Lipinski definition) is 4. The topological polar surface area (TPSA) is 88.5 Å². The molecule has 1 atom stereocenters. The second kappa shape index (κ2) is 9.75. The number of pyridine rings is 1. The minimum atomic E-state index is -1.11. The van der Waals surface area contributed by atoms with E-state index >= 15 is 0 Å². The lowest BCUT2D eigenvalue weighted by molar-refractivity contribution is -0.139. The highest BCUT2D eigenvalue weighted by Gasteiger charge is 2.22. The van der Waals surface area contributed by atoms with Crippen molar-refractivity contribution in [2.45, 2.75) is 19.1 Å². The summed E-state index contributed by atoms with van der Waals surface area (Å²) in [7, 11) is 0. The van der Waals surface area contributed by atoms with Gasteiger partial charge in [0.2, 0.25) is 0 Å². The number of carboxylic acid groups (broad SMARTS) is 1. The molecule has 0 saturated carbocycles. The van der Waals surface area contributed by atoms with Gasteiger partial charge in [-0.15, -0.1) is 0 Å². The Morgan fingerprint density at radius 1 is 0.906 bits per heavy atom. The van der Waals surface area contributed by atoms with Crippen molar-refractivity contribution in [1.29, 1.82) is 0 Å². The normalized spacial score (nSPS) is 11.6. The summed E-state index contributed by atoms with van der Waals surface area (Å²) in [5.74, 6) is -0.944. The van der Waals surface area contributed by atoms with Crippen molar-refractivity contribution < 1.29 is 19.4 Å². The molecule has 3 aromatic carbocycles. The number of ether oxygens (including phenoxy) is 1. The van der Waals surface area contributed by atoms with Crippen molar-refractivity contribution in [2.75, 3.05) is 0 Å². The zero-order chi connectivity index (χ0) is 22.3. The van der Waals surface area contributed by atoms with Gasteiger partial charge < -0.3 is 15.2 Å². The molecule has 1 amide bonds. The Morgan fingerprint density at radius 2 is 1.66 bits per heavy atom. The number of fused-ring (bicyclic) bond motifs is 1. The van der Waals surface area contributed by atoms with Crippen LogP contribution in [0.3, 0.4) is 0 Å². The van der Waals surface area contributed by atoms with Crippen molar-refractivity contribution in [1.82, 2.24) is 10.3 Å². The number of aromatic nitrogens is 1. The fourth-order valence-electron chi connectivity index (χ4n) is 3.46. The highest BCUT2D eigenvalue weighted by molar-refractivity contribution is 6.06. The molecule has 2 N–H and O–H groups in total. The van der Waals surface area contributed by atoms with E-state index in [1.807, 2.05) is 60.7 Å². The third-order valence-electron chi connectivity index (χ3n) is 5.07. The Kier molecular flexibility index (Phi) is 6.41. The maximum absolute atomic E-state index is 12.9.